The second-order valence-electron chi connectivity index (χ2n) is 9.00. The molecule has 2 aromatic carbocycles. The third kappa shape index (κ3) is 3.76. The van der Waals surface area contributed by atoms with Gasteiger partial charge in [0.05, 0.1) is 4.90 Å². The number of urea groups is 1. The van der Waals surface area contributed by atoms with Crippen molar-refractivity contribution >= 4 is 32.9 Å². The van der Waals surface area contributed by atoms with Crippen LogP contribution in [0.4, 0.5) is 21.9 Å². The van der Waals surface area contributed by atoms with Gasteiger partial charge in [0.1, 0.15) is 11.4 Å². The van der Waals surface area contributed by atoms with Crippen molar-refractivity contribution in [2.24, 2.45) is 0 Å². The van der Waals surface area contributed by atoms with Crippen molar-refractivity contribution in [1.29, 1.82) is 0 Å². The van der Waals surface area contributed by atoms with E-state index >= 15 is 0 Å². The van der Waals surface area contributed by atoms with Crippen LogP contribution in [0.5, 0.6) is 0 Å². The molecule has 0 aromatic heterocycles. The van der Waals surface area contributed by atoms with Crippen molar-refractivity contribution in [2.45, 2.75) is 49.1 Å². The van der Waals surface area contributed by atoms with E-state index in [2.05, 4.69) is 10.6 Å². The molecule has 2 heterocycles. The van der Waals surface area contributed by atoms with Crippen LogP contribution in [-0.4, -0.2) is 52.4 Å². The Morgan fingerprint density at radius 3 is 2.56 bits per heavy atom. The van der Waals surface area contributed by atoms with Crippen molar-refractivity contribution in [3.8, 4) is 0 Å². The highest BCUT2D eigenvalue weighted by molar-refractivity contribution is 7.90. The Balaban J connectivity index is 1.27. The smallest absolute Gasteiger partial charge is 0.322 e. The van der Waals surface area contributed by atoms with Gasteiger partial charge in [0.25, 0.3) is 10.9 Å². The van der Waals surface area contributed by atoms with Gasteiger partial charge in [0.2, 0.25) is 0 Å². The van der Waals surface area contributed by atoms with Crippen LogP contribution >= 0.6 is 0 Å². The van der Waals surface area contributed by atoms with Crippen LogP contribution < -0.4 is 31.3 Å². The summed E-state index contributed by atoms with van der Waals surface area (Å²) < 4.78 is 23.6. The van der Waals surface area contributed by atoms with Crippen molar-refractivity contribution in [3.63, 3.8) is 0 Å². The quantitative estimate of drug-likeness (QED) is 0.642. The zero-order valence-electron chi connectivity index (χ0n) is 17.9. The topological polar surface area (TPSA) is 116 Å². The summed E-state index contributed by atoms with van der Waals surface area (Å²) in [7, 11) is -3.30. The number of nitrogens with one attached hydrogen (secondary N) is 2. The lowest BCUT2D eigenvalue weighted by Gasteiger charge is -2.36. The molecule has 170 valence electrons. The van der Waals surface area contributed by atoms with Gasteiger partial charge in [0, 0.05) is 43.7 Å². The minimum absolute atomic E-state index is 0.145. The molecule has 1 aliphatic carbocycles. The summed E-state index contributed by atoms with van der Waals surface area (Å²) in [6.45, 7) is 1.64. The first-order valence-corrected chi connectivity index (χ1v) is 12.9. The van der Waals surface area contributed by atoms with E-state index in [0.29, 0.717) is 37.4 Å². The average Bonchev–Trinajstić information content (AvgIpc) is 3.48. The van der Waals surface area contributed by atoms with Gasteiger partial charge in [-0.15, -0.1) is 0 Å². The number of sulfone groups is 1. The normalized spacial score (nSPS) is 21.0. The molecule has 32 heavy (non-hydrogen) atoms. The first-order valence-electron chi connectivity index (χ1n) is 11.0. The van der Waals surface area contributed by atoms with Crippen LogP contribution in [0.15, 0.2) is 32.7 Å². The van der Waals surface area contributed by atoms with E-state index in [0.717, 1.165) is 36.9 Å². The van der Waals surface area contributed by atoms with E-state index in [4.69, 9.17) is 0 Å². The van der Waals surface area contributed by atoms with Gasteiger partial charge in [-0.25, -0.2) is 13.2 Å². The number of amides is 2. The number of rotatable bonds is 5. The minimum atomic E-state index is -3.30. The number of carbonyl (C=O) groups excluding carboxylic acids is 1. The summed E-state index contributed by atoms with van der Waals surface area (Å²) in [5.74, 6) is 0. The van der Waals surface area contributed by atoms with Crippen LogP contribution in [0.1, 0.15) is 31.2 Å². The Hall–Kier alpha value is -2.88. The summed E-state index contributed by atoms with van der Waals surface area (Å²) >= 11 is 0. The number of benzene rings is 1. The summed E-state index contributed by atoms with van der Waals surface area (Å²) in [6.07, 6.45) is 5.39. The van der Waals surface area contributed by atoms with Crippen LogP contribution in [0.2, 0.25) is 0 Å². The third-order valence-corrected chi connectivity index (χ3v) is 7.61. The Bertz CT molecular complexity index is 1260. The molecule has 1 atom stereocenters. The number of hydrogen-bond acceptors (Lipinski definition) is 7. The fraction of sp³-hybridized carbons (Fsp3) is 0.500. The molecule has 2 N–H and O–H groups in total. The number of fused-ring (bicyclic) bond motifs is 1. The molecule has 0 bridgehead atoms. The van der Waals surface area contributed by atoms with Crippen LogP contribution in [-0.2, 0) is 16.3 Å². The Kier molecular flexibility index (Phi) is 4.99. The van der Waals surface area contributed by atoms with Crippen LogP contribution in [0, 0.1) is 0 Å². The highest BCUT2D eigenvalue weighted by Gasteiger charge is 2.34. The first-order chi connectivity index (χ1) is 15.2. The molecule has 1 unspecified atom stereocenters. The predicted molar refractivity (Wildman–Crippen MR) is 122 cm³/mol. The Morgan fingerprint density at radius 2 is 1.84 bits per heavy atom. The minimum Gasteiger partial charge on any atom is -0.377 e. The molecule has 2 aromatic rings. The molecule has 1 saturated carbocycles. The molecular weight excluding hydrogens is 432 g/mol. The van der Waals surface area contributed by atoms with E-state index in [1.165, 1.54) is 12.3 Å². The number of piperidine rings is 1. The fourth-order valence-electron chi connectivity index (χ4n) is 4.62. The highest BCUT2D eigenvalue weighted by Crippen LogP contribution is 2.32. The molecule has 9 nitrogen and oxygen atoms in total. The maximum Gasteiger partial charge on any atom is 0.322 e. The first kappa shape index (κ1) is 21.0. The molecule has 3 aliphatic rings. The van der Waals surface area contributed by atoms with Gasteiger partial charge < -0.3 is 15.5 Å². The maximum absolute atomic E-state index is 13.0. The fourth-order valence-corrected chi connectivity index (χ4v) is 5.29. The molecule has 0 spiro atoms. The van der Waals surface area contributed by atoms with Gasteiger partial charge in [-0.1, -0.05) is 0 Å². The SMILES string of the molecule is CS(=O)(=O)c1ccc2c(c1)CCN2C(=O)NC1CCCN(c2c(NC3CC3)c(=O)c2=O)C1. The predicted octanol–water partition coefficient (Wildman–Crippen LogP) is 1.00. The molecule has 2 aliphatic heterocycles. The summed E-state index contributed by atoms with van der Waals surface area (Å²) in [5, 5.41) is 6.23. The molecule has 2 fully saturated rings. The van der Waals surface area contributed by atoms with E-state index < -0.39 is 20.7 Å². The lowest BCUT2D eigenvalue weighted by molar-refractivity contribution is 0.241. The third-order valence-electron chi connectivity index (χ3n) is 6.50. The molecule has 2 amide bonds. The number of hydrogen-bond donors (Lipinski definition) is 2. The molecular formula is C22H26N4O5S. The average molecular weight is 459 g/mol. The molecule has 0 radical (unpaired) electrons. The zero-order valence-corrected chi connectivity index (χ0v) is 18.7. The second kappa shape index (κ2) is 7.61. The molecule has 5 rings (SSSR count). The van der Waals surface area contributed by atoms with E-state index in [1.54, 1.807) is 17.0 Å². The number of nitrogens with zero attached hydrogens (tertiary/aromatic N) is 2. The summed E-state index contributed by atoms with van der Waals surface area (Å²) in [4.78, 5) is 41.0. The van der Waals surface area contributed by atoms with Crippen LogP contribution in [0.25, 0.3) is 0 Å². The summed E-state index contributed by atoms with van der Waals surface area (Å²) in [5.41, 5.74) is 1.56. The largest absolute Gasteiger partial charge is 0.377 e. The molecule has 10 heteroatoms. The van der Waals surface area contributed by atoms with Gasteiger partial charge in [-0.3, -0.25) is 14.5 Å². The lowest BCUT2D eigenvalue weighted by atomic mass is 10.0. The van der Waals surface area contributed by atoms with Gasteiger partial charge in [-0.2, -0.15) is 0 Å². The maximum atomic E-state index is 13.0. The van der Waals surface area contributed by atoms with Gasteiger partial charge >= 0.3 is 6.03 Å². The Morgan fingerprint density at radius 1 is 1.06 bits per heavy atom. The van der Waals surface area contributed by atoms with Crippen LogP contribution in [0.3, 0.4) is 0 Å². The van der Waals surface area contributed by atoms with Crippen molar-refractivity contribution < 1.29 is 13.2 Å². The highest BCUT2D eigenvalue weighted by atomic mass is 32.2. The van der Waals surface area contributed by atoms with Crippen molar-refractivity contribution in [3.05, 3.63) is 44.2 Å². The Labute approximate surface area is 186 Å². The number of carbonyl (C=O) groups is 1. The van der Waals surface area contributed by atoms with Crippen molar-refractivity contribution in [1.82, 2.24) is 5.32 Å². The monoisotopic (exact) mass is 458 g/mol. The van der Waals surface area contributed by atoms with Crippen molar-refractivity contribution in [2.75, 3.05) is 41.0 Å². The molecule has 1 saturated heterocycles. The zero-order chi connectivity index (χ0) is 22.6. The van der Waals surface area contributed by atoms with E-state index in [-0.39, 0.29) is 23.0 Å². The van der Waals surface area contributed by atoms with E-state index in [9.17, 15) is 22.8 Å². The van der Waals surface area contributed by atoms with E-state index in [1.807, 2.05) is 4.90 Å². The number of anilines is 3. The summed E-state index contributed by atoms with van der Waals surface area (Å²) in [6, 6.07) is 4.77. The van der Waals surface area contributed by atoms with Gasteiger partial charge in [0.15, 0.2) is 9.84 Å². The second-order valence-corrected chi connectivity index (χ2v) is 11.0. The standard InChI is InChI=1S/C22H26N4O5S/c1-32(30,31)16-6-7-17-13(11-16)8-10-26(17)22(29)24-15-3-2-9-25(12-15)19-18(20(27)21(19)28)23-14-4-5-14/h6-7,11,14-15,23H,2-5,8-10,12H2,1H3,(H,24,29). The lowest BCUT2D eigenvalue weighted by Crippen LogP contribution is -2.54. The van der Waals surface area contributed by atoms with Gasteiger partial charge in [-0.05, 0) is 55.9 Å².